The first kappa shape index (κ1) is 34.0. The Morgan fingerprint density at radius 2 is 1.34 bits per heavy atom. The Labute approximate surface area is 204 Å². The van der Waals surface area contributed by atoms with Gasteiger partial charge in [-0.15, -0.1) is 0 Å². The Morgan fingerprint density at radius 3 is 1.75 bits per heavy atom. The summed E-state index contributed by atoms with van der Waals surface area (Å²) in [6.45, 7) is 33.3. The molecular weight excluding hydrogens is 392 g/mol. The van der Waals surface area contributed by atoms with Crippen molar-refractivity contribution >= 4 is 0 Å². The fourth-order valence-electron chi connectivity index (χ4n) is 4.82. The standard InChI is InChI=1S/C13H27N3.C9H19N.3C2H6/c1-12(2)16-8-6-15(7-9-16)11-13-4-3-5-14-10-13;1-8(2)9-4-6-10(3)7-5-9;3*1-2/h12-14H,3-11H2,1-2H3;8-9H,4-7H2,1-3H3;3*1-2H3/p+2. The minimum absolute atomic E-state index is 0.727. The van der Waals surface area contributed by atoms with Crippen LogP contribution in [-0.4, -0.2) is 81.8 Å². The maximum atomic E-state index is 2.68. The summed E-state index contributed by atoms with van der Waals surface area (Å²) in [5, 5.41) is 2.50. The zero-order chi connectivity index (χ0) is 24.9. The number of rotatable bonds is 4. The van der Waals surface area contributed by atoms with Crippen LogP contribution in [0.15, 0.2) is 0 Å². The van der Waals surface area contributed by atoms with E-state index in [9.17, 15) is 0 Å². The molecule has 1 atom stereocenters. The molecule has 0 amide bonds. The van der Waals surface area contributed by atoms with Gasteiger partial charge in [0.05, 0.1) is 33.2 Å². The van der Waals surface area contributed by atoms with Crippen molar-refractivity contribution in [3.05, 3.63) is 0 Å². The highest BCUT2D eigenvalue weighted by atomic mass is 15.3. The Bertz CT molecular complexity index is 350. The molecule has 3 aliphatic rings. The minimum atomic E-state index is 0.727. The average molecular weight is 459 g/mol. The van der Waals surface area contributed by atoms with Gasteiger partial charge in [-0.1, -0.05) is 55.4 Å². The summed E-state index contributed by atoms with van der Waals surface area (Å²) in [6.07, 6.45) is 5.78. The second-order valence-corrected chi connectivity index (χ2v) is 9.79. The van der Waals surface area contributed by atoms with Crippen LogP contribution in [0.2, 0.25) is 0 Å². The van der Waals surface area contributed by atoms with E-state index in [0.29, 0.717) is 0 Å². The van der Waals surface area contributed by atoms with Gasteiger partial charge in [0.25, 0.3) is 0 Å². The van der Waals surface area contributed by atoms with E-state index >= 15 is 0 Å². The molecule has 0 radical (unpaired) electrons. The first-order chi connectivity index (χ1) is 15.5. The number of quaternary nitrogens is 2. The number of likely N-dealkylation sites (tertiary alicyclic amines) is 1. The summed E-state index contributed by atoms with van der Waals surface area (Å²) < 4.78 is 0. The number of nitrogens with one attached hydrogen (secondary N) is 1. The molecule has 0 aliphatic carbocycles. The van der Waals surface area contributed by atoms with Gasteiger partial charge in [0.15, 0.2) is 0 Å². The molecule has 0 aromatic heterocycles. The molecule has 3 N–H and O–H groups in total. The van der Waals surface area contributed by atoms with E-state index in [0.717, 1.165) is 23.8 Å². The van der Waals surface area contributed by atoms with Crippen LogP contribution in [0, 0.1) is 17.8 Å². The lowest BCUT2D eigenvalue weighted by Gasteiger charge is -2.38. The van der Waals surface area contributed by atoms with E-state index in [1.54, 1.807) is 4.90 Å². The topological polar surface area (TPSA) is 27.5 Å². The Morgan fingerprint density at radius 1 is 0.812 bits per heavy atom. The Balaban J connectivity index is 0. The summed E-state index contributed by atoms with van der Waals surface area (Å²) in [6, 6.07) is 0.727. The maximum absolute atomic E-state index is 2.68. The van der Waals surface area contributed by atoms with Crippen LogP contribution < -0.4 is 10.2 Å². The molecular formula is C28H66N4+2. The normalized spacial score (nSPS) is 26.3. The van der Waals surface area contributed by atoms with Crippen LogP contribution in [0.4, 0.5) is 0 Å². The van der Waals surface area contributed by atoms with Crippen LogP contribution in [0.25, 0.3) is 0 Å². The minimum Gasteiger partial charge on any atom is -0.346 e. The van der Waals surface area contributed by atoms with Gasteiger partial charge in [-0.25, -0.2) is 0 Å². The van der Waals surface area contributed by atoms with Gasteiger partial charge in [-0.05, 0) is 51.4 Å². The molecule has 0 aromatic rings. The second kappa shape index (κ2) is 22.6. The zero-order valence-electron chi connectivity index (χ0n) is 24.5. The van der Waals surface area contributed by atoms with E-state index < -0.39 is 0 Å². The fraction of sp³-hybridized carbons (Fsp3) is 1.00. The molecule has 4 nitrogen and oxygen atoms in total. The average Bonchev–Trinajstić information content (AvgIpc) is 2.85. The van der Waals surface area contributed by atoms with Crippen LogP contribution in [0.1, 0.15) is 94.9 Å². The zero-order valence-corrected chi connectivity index (χ0v) is 24.5. The molecule has 3 rings (SSSR count). The predicted octanol–water partition coefficient (Wildman–Crippen LogP) is 3.63. The third kappa shape index (κ3) is 15.6. The summed E-state index contributed by atoms with van der Waals surface area (Å²) in [4.78, 5) is 7.00. The molecule has 196 valence electrons. The quantitative estimate of drug-likeness (QED) is 0.673. The summed E-state index contributed by atoms with van der Waals surface area (Å²) in [5.74, 6) is 2.89. The first-order valence-electron chi connectivity index (χ1n) is 14.5. The van der Waals surface area contributed by atoms with Gasteiger partial charge in [0, 0.05) is 44.7 Å². The number of piperidine rings is 2. The van der Waals surface area contributed by atoms with E-state index in [1.165, 1.54) is 84.6 Å². The lowest BCUT2D eigenvalue weighted by atomic mass is 9.87. The molecule has 0 spiro atoms. The van der Waals surface area contributed by atoms with Crippen molar-refractivity contribution in [3.8, 4) is 0 Å². The lowest BCUT2D eigenvalue weighted by Crippen LogP contribution is -3.10. The number of nitrogens with zero attached hydrogens (tertiary/aromatic N) is 2. The number of hydrogen-bond acceptors (Lipinski definition) is 2. The van der Waals surface area contributed by atoms with Crippen molar-refractivity contribution in [1.82, 2.24) is 9.80 Å². The van der Waals surface area contributed by atoms with E-state index in [-0.39, 0.29) is 0 Å². The van der Waals surface area contributed by atoms with Crippen molar-refractivity contribution in [3.63, 3.8) is 0 Å². The number of hydrogen-bond donors (Lipinski definition) is 2. The molecule has 3 fully saturated rings. The number of piperazine rings is 1. The van der Waals surface area contributed by atoms with Gasteiger partial charge in [0.1, 0.15) is 0 Å². The maximum Gasteiger partial charge on any atom is 0.0796 e. The van der Waals surface area contributed by atoms with Gasteiger partial charge < -0.3 is 15.1 Å². The Hall–Kier alpha value is -0.160. The van der Waals surface area contributed by atoms with Crippen LogP contribution in [0.5, 0.6) is 0 Å². The SMILES string of the molecule is CC.CC.CC.CC(C)C1CC[NH+](C)CC1.CC(C)N1CCN(CC2CCC[NH2+]C2)CC1. The van der Waals surface area contributed by atoms with Crippen molar-refractivity contribution in [2.45, 2.75) is 101 Å². The van der Waals surface area contributed by atoms with Crippen molar-refractivity contribution in [1.29, 1.82) is 0 Å². The summed E-state index contributed by atoms with van der Waals surface area (Å²) >= 11 is 0. The third-order valence-electron chi connectivity index (χ3n) is 7.00. The molecule has 4 heteroatoms. The Kier molecular flexibility index (Phi) is 24.0. The van der Waals surface area contributed by atoms with Crippen LogP contribution >= 0.6 is 0 Å². The molecule has 0 aromatic carbocycles. The van der Waals surface area contributed by atoms with Crippen LogP contribution in [-0.2, 0) is 0 Å². The van der Waals surface area contributed by atoms with E-state index in [2.05, 4.69) is 49.9 Å². The van der Waals surface area contributed by atoms with Crippen molar-refractivity contribution < 1.29 is 10.2 Å². The molecule has 3 aliphatic heterocycles. The largest absolute Gasteiger partial charge is 0.346 e. The van der Waals surface area contributed by atoms with E-state index in [1.807, 2.05) is 41.5 Å². The predicted molar refractivity (Wildman–Crippen MR) is 146 cm³/mol. The first-order valence-corrected chi connectivity index (χ1v) is 14.5. The molecule has 0 saturated carbocycles. The smallest absolute Gasteiger partial charge is 0.0796 e. The molecule has 3 saturated heterocycles. The molecule has 0 bridgehead atoms. The van der Waals surface area contributed by atoms with Crippen molar-refractivity contribution in [2.75, 3.05) is 66.0 Å². The highest BCUT2D eigenvalue weighted by Crippen LogP contribution is 2.18. The van der Waals surface area contributed by atoms with Gasteiger partial charge in [-0.2, -0.15) is 0 Å². The summed E-state index contributed by atoms with van der Waals surface area (Å²) in [5.41, 5.74) is 0. The molecule has 1 unspecified atom stereocenters. The number of nitrogens with two attached hydrogens (primary N) is 1. The third-order valence-corrected chi connectivity index (χ3v) is 7.00. The summed E-state index contributed by atoms with van der Waals surface area (Å²) in [7, 11) is 2.30. The molecule has 3 heterocycles. The monoisotopic (exact) mass is 459 g/mol. The van der Waals surface area contributed by atoms with Crippen LogP contribution in [0.3, 0.4) is 0 Å². The van der Waals surface area contributed by atoms with E-state index in [4.69, 9.17) is 0 Å². The second-order valence-electron chi connectivity index (χ2n) is 9.79. The fourth-order valence-corrected chi connectivity index (χ4v) is 4.82. The van der Waals surface area contributed by atoms with Crippen molar-refractivity contribution in [2.24, 2.45) is 17.8 Å². The van der Waals surface area contributed by atoms with Gasteiger partial charge >= 0.3 is 0 Å². The van der Waals surface area contributed by atoms with Gasteiger partial charge in [0.2, 0.25) is 0 Å². The highest BCUT2D eigenvalue weighted by molar-refractivity contribution is 4.76. The lowest BCUT2D eigenvalue weighted by molar-refractivity contribution is -0.886. The molecule has 32 heavy (non-hydrogen) atoms. The van der Waals surface area contributed by atoms with Gasteiger partial charge in [-0.3, -0.25) is 4.90 Å². The highest BCUT2D eigenvalue weighted by Gasteiger charge is 2.23.